The van der Waals surface area contributed by atoms with Crippen molar-refractivity contribution in [3.05, 3.63) is 19.4 Å². The molecule has 0 radical (unpaired) electrons. The molecule has 1 aromatic rings. The molecule has 2 aliphatic carbocycles. The molecule has 0 amide bonds. The Morgan fingerprint density at radius 2 is 2.28 bits per heavy atom. The maximum absolute atomic E-state index is 9.84. The Bertz CT molecular complexity index is 457. The van der Waals surface area contributed by atoms with Crippen molar-refractivity contribution in [2.24, 2.45) is 5.41 Å². The fourth-order valence-electron chi connectivity index (χ4n) is 3.12. The minimum Gasteiger partial charge on any atom is -0.392 e. The van der Waals surface area contributed by atoms with Crippen LogP contribution in [0, 0.1) is 8.30 Å². The van der Waals surface area contributed by atoms with Crippen molar-refractivity contribution in [1.82, 2.24) is 5.32 Å². The summed E-state index contributed by atoms with van der Waals surface area (Å²) in [7, 11) is 0. The lowest BCUT2D eigenvalue weighted by molar-refractivity contribution is -0.0765. The van der Waals surface area contributed by atoms with Crippen LogP contribution in [0.4, 0.5) is 0 Å². The van der Waals surface area contributed by atoms with Crippen LogP contribution in [0.2, 0.25) is 0 Å². The number of aliphatic hydroxyl groups excluding tert-OH is 1. The molecule has 0 bridgehead atoms. The fraction of sp³-hybridized carbons (Fsp3) is 0.714. The summed E-state index contributed by atoms with van der Waals surface area (Å²) in [5.41, 5.74) is 1.55. The third kappa shape index (κ3) is 2.15. The lowest BCUT2D eigenvalue weighted by Gasteiger charge is -2.51. The molecule has 18 heavy (non-hydrogen) atoms. The van der Waals surface area contributed by atoms with Crippen molar-refractivity contribution < 1.29 is 5.11 Å². The van der Waals surface area contributed by atoms with Gasteiger partial charge in [0.05, 0.1) is 8.99 Å². The second kappa shape index (κ2) is 4.72. The molecule has 4 heteroatoms. The Labute approximate surface area is 126 Å². The Hall–Kier alpha value is 0.350. The predicted molar refractivity (Wildman–Crippen MR) is 84.0 cm³/mol. The predicted octanol–water partition coefficient (Wildman–Crippen LogP) is 3.48. The monoisotopic (exact) mass is 377 g/mol. The summed E-state index contributed by atoms with van der Waals surface area (Å²) in [4.78, 5) is 1.57. The van der Waals surface area contributed by atoms with E-state index in [0.29, 0.717) is 12.1 Å². The molecule has 0 spiro atoms. The van der Waals surface area contributed by atoms with Gasteiger partial charge in [-0.1, -0.05) is 13.8 Å². The highest BCUT2D eigenvalue weighted by Crippen LogP contribution is 2.44. The minimum absolute atomic E-state index is 0.0286. The molecule has 0 aromatic carbocycles. The summed E-state index contributed by atoms with van der Waals surface area (Å²) < 4.78 is 1.40. The zero-order valence-corrected chi connectivity index (χ0v) is 13.8. The van der Waals surface area contributed by atoms with Gasteiger partial charge in [-0.2, -0.15) is 0 Å². The molecule has 2 aliphatic rings. The molecule has 2 N–H and O–H groups in total. The van der Waals surface area contributed by atoms with Crippen LogP contribution in [-0.4, -0.2) is 17.3 Å². The first-order valence-electron chi connectivity index (χ1n) is 6.70. The van der Waals surface area contributed by atoms with Gasteiger partial charge in [-0.25, -0.2) is 0 Å². The Kier molecular flexibility index (Phi) is 3.50. The summed E-state index contributed by atoms with van der Waals surface area (Å²) in [6.07, 6.45) is 4.54. The maximum Gasteiger partial charge on any atom is 0.0659 e. The second-order valence-electron chi connectivity index (χ2n) is 6.17. The van der Waals surface area contributed by atoms with Crippen molar-refractivity contribution in [3.63, 3.8) is 0 Å². The van der Waals surface area contributed by atoms with Crippen LogP contribution >= 0.6 is 33.9 Å². The van der Waals surface area contributed by atoms with E-state index in [-0.39, 0.29) is 11.5 Å². The number of fused-ring (bicyclic) bond motifs is 1. The van der Waals surface area contributed by atoms with Crippen LogP contribution in [-0.2, 0) is 6.42 Å². The van der Waals surface area contributed by atoms with E-state index in [2.05, 4.69) is 47.8 Å². The van der Waals surface area contributed by atoms with Gasteiger partial charge in [-0.05, 0) is 59.9 Å². The van der Waals surface area contributed by atoms with Crippen molar-refractivity contribution in [2.75, 3.05) is 0 Å². The standard InChI is InChI=1S/C14H20INOS/c1-14(2)11(7-12(14)17)16-9-4-3-5-10-8(9)6-13(15)18-10/h6,9,11-12,16-17H,3-5,7H2,1-2H3. The molecular weight excluding hydrogens is 357 g/mol. The molecule has 1 fully saturated rings. The highest BCUT2D eigenvalue weighted by Gasteiger charge is 2.48. The van der Waals surface area contributed by atoms with Gasteiger partial charge in [0.15, 0.2) is 0 Å². The van der Waals surface area contributed by atoms with Crippen molar-refractivity contribution in [2.45, 2.75) is 57.7 Å². The van der Waals surface area contributed by atoms with Crippen LogP contribution in [0.1, 0.15) is 49.6 Å². The number of aryl methyl sites for hydroxylation is 1. The molecule has 1 aromatic heterocycles. The van der Waals surface area contributed by atoms with E-state index < -0.39 is 0 Å². The quantitative estimate of drug-likeness (QED) is 0.774. The van der Waals surface area contributed by atoms with Gasteiger partial charge in [0, 0.05) is 22.4 Å². The van der Waals surface area contributed by atoms with Crippen LogP contribution in [0.5, 0.6) is 0 Å². The Balaban J connectivity index is 1.75. The summed E-state index contributed by atoms with van der Waals surface area (Å²) in [5.74, 6) is 0. The minimum atomic E-state index is -0.138. The largest absolute Gasteiger partial charge is 0.392 e. The Morgan fingerprint density at radius 1 is 1.50 bits per heavy atom. The molecular formula is C14H20INOS. The summed E-state index contributed by atoms with van der Waals surface area (Å²) in [6.45, 7) is 4.33. The summed E-state index contributed by atoms with van der Waals surface area (Å²) in [5, 5.41) is 13.6. The molecule has 2 nitrogen and oxygen atoms in total. The molecule has 3 unspecified atom stereocenters. The van der Waals surface area contributed by atoms with Gasteiger partial charge in [-0.3, -0.25) is 0 Å². The Morgan fingerprint density at radius 3 is 2.94 bits per heavy atom. The topological polar surface area (TPSA) is 32.3 Å². The number of nitrogens with one attached hydrogen (secondary N) is 1. The molecule has 100 valence electrons. The summed E-state index contributed by atoms with van der Waals surface area (Å²) >= 11 is 4.37. The zero-order valence-electron chi connectivity index (χ0n) is 10.9. The number of rotatable bonds is 2. The van der Waals surface area contributed by atoms with E-state index in [1.807, 2.05) is 11.3 Å². The SMILES string of the molecule is CC1(C)C(O)CC1NC1CCCc2sc(I)cc21. The van der Waals surface area contributed by atoms with Crippen LogP contribution in [0.15, 0.2) is 6.07 Å². The lowest BCUT2D eigenvalue weighted by atomic mass is 9.64. The lowest BCUT2D eigenvalue weighted by Crippen LogP contribution is -2.60. The van der Waals surface area contributed by atoms with Crippen LogP contribution in [0.3, 0.4) is 0 Å². The normalized spacial score (nSPS) is 33.9. The van der Waals surface area contributed by atoms with Crippen molar-refractivity contribution in [1.29, 1.82) is 0 Å². The van der Waals surface area contributed by atoms with Gasteiger partial charge in [0.2, 0.25) is 0 Å². The average molecular weight is 377 g/mol. The first-order valence-corrected chi connectivity index (χ1v) is 8.60. The number of thiophene rings is 1. The van der Waals surface area contributed by atoms with Crippen molar-refractivity contribution in [3.8, 4) is 0 Å². The van der Waals surface area contributed by atoms with Gasteiger partial charge in [0.25, 0.3) is 0 Å². The third-order valence-corrected chi connectivity index (χ3v) is 6.67. The van der Waals surface area contributed by atoms with E-state index in [1.54, 1.807) is 4.88 Å². The highest BCUT2D eigenvalue weighted by molar-refractivity contribution is 14.1. The third-order valence-electron chi connectivity index (χ3n) is 4.70. The maximum atomic E-state index is 9.84. The molecule has 0 saturated heterocycles. The zero-order chi connectivity index (χ0) is 12.9. The van der Waals surface area contributed by atoms with E-state index in [1.165, 1.54) is 27.7 Å². The van der Waals surface area contributed by atoms with Gasteiger partial charge >= 0.3 is 0 Å². The summed E-state index contributed by atoms with van der Waals surface area (Å²) in [6, 6.07) is 3.31. The molecule has 3 rings (SSSR count). The average Bonchev–Trinajstić information content (AvgIpc) is 2.70. The molecule has 0 aliphatic heterocycles. The van der Waals surface area contributed by atoms with Crippen LogP contribution in [0.25, 0.3) is 0 Å². The van der Waals surface area contributed by atoms with Gasteiger partial charge in [0.1, 0.15) is 0 Å². The number of aliphatic hydroxyl groups is 1. The van der Waals surface area contributed by atoms with Crippen LogP contribution < -0.4 is 5.32 Å². The molecule has 1 saturated carbocycles. The van der Waals surface area contributed by atoms with E-state index in [0.717, 1.165) is 6.42 Å². The number of halogens is 1. The van der Waals surface area contributed by atoms with Gasteiger partial charge < -0.3 is 10.4 Å². The first kappa shape index (κ1) is 13.3. The smallest absolute Gasteiger partial charge is 0.0659 e. The molecule has 3 atom stereocenters. The second-order valence-corrected chi connectivity index (χ2v) is 9.20. The van der Waals surface area contributed by atoms with E-state index in [9.17, 15) is 5.11 Å². The van der Waals surface area contributed by atoms with Gasteiger partial charge in [-0.15, -0.1) is 11.3 Å². The number of hydrogen-bond donors (Lipinski definition) is 2. The van der Waals surface area contributed by atoms with E-state index in [4.69, 9.17) is 0 Å². The highest BCUT2D eigenvalue weighted by atomic mass is 127. The first-order chi connectivity index (χ1) is 8.48. The fourth-order valence-corrected chi connectivity index (χ4v) is 5.24. The van der Waals surface area contributed by atoms with Crippen molar-refractivity contribution >= 4 is 33.9 Å². The number of hydrogen-bond acceptors (Lipinski definition) is 3. The van der Waals surface area contributed by atoms with E-state index >= 15 is 0 Å². The molecule has 1 heterocycles.